The van der Waals surface area contributed by atoms with E-state index < -0.39 is 0 Å². The maximum Gasteiger partial charge on any atom is 0.137 e. The second-order valence-electron chi connectivity index (χ2n) is 23.8. The van der Waals surface area contributed by atoms with Crippen LogP contribution in [0.5, 0.6) is 11.5 Å². The van der Waals surface area contributed by atoms with Gasteiger partial charge in [-0.2, -0.15) is 0 Å². The number of ether oxygens (including phenoxy) is 1. The Bertz CT molecular complexity index is 3100. The Hall–Kier alpha value is -6.33. The summed E-state index contributed by atoms with van der Waals surface area (Å²) in [5.41, 5.74) is 15.0. The Morgan fingerprint density at radius 3 is 1.67 bits per heavy atom. The van der Waals surface area contributed by atoms with Crippen LogP contribution >= 0.6 is 0 Å². The molecule has 0 saturated heterocycles. The molecule has 0 spiro atoms. The number of anilines is 4. The number of para-hydroxylation sites is 2. The van der Waals surface area contributed by atoms with E-state index in [2.05, 4.69) is 259 Å². The maximum absolute atomic E-state index is 6.97. The van der Waals surface area contributed by atoms with Crippen LogP contribution in [0.2, 0.25) is 0 Å². The zero-order valence-electron chi connectivity index (χ0n) is 43.0. The van der Waals surface area contributed by atoms with Crippen LogP contribution in [0.3, 0.4) is 0 Å². The summed E-state index contributed by atoms with van der Waals surface area (Å²) in [4.78, 5) is 7.26. The van der Waals surface area contributed by atoms with Gasteiger partial charge in [-0.15, -0.1) is 0 Å². The number of pyridine rings is 1. The summed E-state index contributed by atoms with van der Waals surface area (Å²) in [6.07, 6.45) is 1.94. The third-order valence-corrected chi connectivity index (χ3v) is 13.3. The second kappa shape index (κ2) is 17.1. The molecular weight excluding hydrogens is 817 g/mol. The third-order valence-electron chi connectivity index (χ3n) is 13.3. The van der Waals surface area contributed by atoms with Crippen molar-refractivity contribution in [2.45, 2.75) is 131 Å². The molecule has 5 nitrogen and oxygen atoms in total. The van der Waals surface area contributed by atoms with Gasteiger partial charge in [0.2, 0.25) is 0 Å². The van der Waals surface area contributed by atoms with Crippen LogP contribution in [0.1, 0.15) is 132 Å². The van der Waals surface area contributed by atoms with Crippen LogP contribution in [-0.2, 0) is 27.1 Å². The van der Waals surface area contributed by atoms with Crippen molar-refractivity contribution in [1.82, 2.24) is 9.55 Å². The summed E-state index contributed by atoms with van der Waals surface area (Å²) < 4.78 is 9.29. The van der Waals surface area contributed by atoms with Crippen molar-refractivity contribution >= 4 is 44.6 Å². The summed E-state index contributed by atoms with van der Waals surface area (Å²) in [5.74, 6) is 2.45. The van der Waals surface area contributed by atoms with Crippen LogP contribution in [0.15, 0.2) is 140 Å². The average molecular weight is 889 g/mol. The fourth-order valence-electron chi connectivity index (χ4n) is 8.82. The van der Waals surface area contributed by atoms with Crippen molar-refractivity contribution in [1.29, 1.82) is 0 Å². The molecule has 0 saturated carbocycles. The van der Waals surface area contributed by atoms with Crippen molar-refractivity contribution in [3.63, 3.8) is 0 Å². The summed E-state index contributed by atoms with van der Waals surface area (Å²) in [7, 11) is 2.15. The highest BCUT2D eigenvalue weighted by molar-refractivity contribution is 6.09. The van der Waals surface area contributed by atoms with Crippen LogP contribution < -0.4 is 15.0 Å². The zero-order valence-corrected chi connectivity index (χ0v) is 43.0. The van der Waals surface area contributed by atoms with Crippen LogP contribution in [0.25, 0.3) is 38.8 Å². The van der Waals surface area contributed by atoms with Crippen molar-refractivity contribution in [2.24, 2.45) is 0 Å². The summed E-state index contributed by atoms with van der Waals surface area (Å²) in [6, 6.07) is 49.0. The molecule has 0 bridgehead atoms. The maximum atomic E-state index is 6.97. The molecule has 8 aromatic rings. The lowest BCUT2D eigenvalue weighted by atomic mass is 9.84. The van der Waals surface area contributed by atoms with E-state index in [1.165, 1.54) is 44.3 Å². The van der Waals surface area contributed by atoms with Gasteiger partial charge in [-0.1, -0.05) is 158 Å². The normalized spacial score (nSPS) is 12.8. The lowest BCUT2D eigenvalue weighted by Gasteiger charge is -2.27. The summed E-state index contributed by atoms with van der Waals surface area (Å²) in [5, 5.41) is 6.23. The van der Waals surface area contributed by atoms with E-state index in [-0.39, 0.29) is 27.1 Å². The fraction of sp³-hybridized carbons (Fsp3) is 0.339. The molecule has 0 fully saturated rings. The molecule has 0 aliphatic carbocycles. The Kier molecular flexibility index (Phi) is 12.0. The van der Waals surface area contributed by atoms with E-state index in [0.29, 0.717) is 0 Å². The lowest BCUT2D eigenvalue weighted by Crippen LogP contribution is -2.16. The fourth-order valence-corrected chi connectivity index (χ4v) is 8.82. The Labute approximate surface area is 401 Å². The number of benzene rings is 6. The predicted octanol–water partition coefficient (Wildman–Crippen LogP) is 17.6. The molecular formula is C62H72N4O. The van der Waals surface area contributed by atoms with Gasteiger partial charge in [0, 0.05) is 47.5 Å². The van der Waals surface area contributed by atoms with Gasteiger partial charge in [0.15, 0.2) is 0 Å². The number of nitrogens with one attached hydrogen (secondary N) is 1. The largest absolute Gasteiger partial charge is 0.457 e. The summed E-state index contributed by atoms with van der Waals surface area (Å²) in [6.45, 7) is 34.0. The number of rotatable bonds is 8. The molecule has 67 heavy (non-hydrogen) atoms. The van der Waals surface area contributed by atoms with Crippen LogP contribution in [0, 0.1) is 0 Å². The number of hydrogen-bond acceptors (Lipinski definition) is 4. The number of aromatic nitrogens is 2. The van der Waals surface area contributed by atoms with E-state index in [9.17, 15) is 0 Å². The smallest absolute Gasteiger partial charge is 0.137 e. The first-order valence-corrected chi connectivity index (χ1v) is 24.0. The highest BCUT2D eigenvalue weighted by Crippen LogP contribution is 2.42. The van der Waals surface area contributed by atoms with E-state index in [0.717, 1.165) is 56.5 Å². The summed E-state index contributed by atoms with van der Waals surface area (Å²) >= 11 is 0. The second-order valence-corrected chi connectivity index (χ2v) is 23.8. The topological polar surface area (TPSA) is 42.3 Å². The van der Waals surface area contributed by atoms with E-state index in [4.69, 9.17) is 9.72 Å². The predicted molar refractivity (Wildman–Crippen MR) is 288 cm³/mol. The molecule has 0 amide bonds. The standard InChI is InChI=1S/C62H72N4O/c1-58(2,3)42-23-21-40(22-24-42)41-31-45(61(10,11)12)33-47(32-41)64-53-19-17-18-20-54(53)65(16)48-34-46(62(13,14)15)35-50(38-48)67-49-26-28-52-51-27-25-43(59(4,5)6)36-55(51)66(56(52)39-49)57-37-44(29-30-63-57)60(7,8)9/h17-39,64H,1-16H3. The molecule has 2 aromatic heterocycles. The van der Waals surface area contributed by atoms with Crippen molar-refractivity contribution in [2.75, 3.05) is 17.3 Å². The molecule has 6 aromatic carbocycles. The molecule has 1 N–H and O–H groups in total. The number of nitrogens with zero attached hydrogens (tertiary/aromatic N) is 3. The average Bonchev–Trinajstić information content (AvgIpc) is 3.57. The number of hydrogen-bond donors (Lipinski definition) is 1. The van der Waals surface area contributed by atoms with E-state index in [1.54, 1.807) is 0 Å². The molecule has 5 heteroatoms. The lowest BCUT2D eigenvalue weighted by molar-refractivity contribution is 0.479. The first kappa shape index (κ1) is 47.2. The van der Waals surface area contributed by atoms with Gasteiger partial charge in [0.05, 0.1) is 22.4 Å². The molecule has 0 radical (unpaired) electrons. The molecule has 0 aliphatic rings. The molecule has 0 unspecified atom stereocenters. The highest BCUT2D eigenvalue weighted by Gasteiger charge is 2.24. The van der Waals surface area contributed by atoms with E-state index in [1.807, 2.05) is 6.20 Å². The SMILES string of the molecule is CN(c1cc(Oc2ccc3c4ccc(C(C)(C)C)cc4n(-c4cc(C(C)(C)C)ccn4)c3c2)cc(C(C)(C)C)c1)c1ccccc1Nc1cc(-c2ccc(C(C)(C)C)cc2)cc(C(C)(C)C)c1. The van der Waals surface area contributed by atoms with Crippen molar-refractivity contribution in [3.8, 4) is 28.4 Å². The Morgan fingerprint density at radius 2 is 1.03 bits per heavy atom. The van der Waals surface area contributed by atoms with Gasteiger partial charge in [0.1, 0.15) is 17.3 Å². The van der Waals surface area contributed by atoms with E-state index >= 15 is 0 Å². The zero-order chi connectivity index (χ0) is 48.4. The number of fused-ring (bicyclic) bond motifs is 3. The molecule has 346 valence electrons. The Balaban J connectivity index is 1.18. The van der Waals surface area contributed by atoms with Gasteiger partial charge >= 0.3 is 0 Å². The van der Waals surface area contributed by atoms with Crippen LogP contribution in [0.4, 0.5) is 22.7 Å². The third kappa shape index (κ3) is 10.0. The van der Waals surface area contributed by atoms with Gasteiger partial charge in [0.25, 0.3) is 0 Å². The molecule has 8 rings (SSSR count). The minimum Gasteiger partial charge on any atom is -0.457 e. The highest BCUT2D eigenvalue weighted by atomic mass is 16.5. The molecule has 0 atom stereocenters. The van der Waals surface area contributed by atoms with Gasteiger partial charge in [-0.25, -0.2) is 4.98 Å². The molecule has 0 aliphatic heterocycles. The molecule has 2 heterocycles. The van der Waals surface area contributed by atoms with Crippen LogP contribution in [-0.4, -0.2) is 16.6 Å². The minimum atomic E-state index is -0.132. The first-order chi connectivity index (χ1) is 31.2. The quantitative estimate of drug-likeness (QED) is 0.165. The Morgan fingerprint density at radius 1 is 0.463 bits per heavy atom. The van der Waals surface area contributed by atoms with Gasteiger partial charge in [-0.05, 0) is 133 Å². The van der Waals surface area contributed by atoms with Crippen molar-refractivity contribution < 1.29 is 4.74 Å². The van der Waals surface area contributed by atoms with Gasteiger partial charge < -0.3 is 15.0 Å². The first-order valence-electron chi connectivity index (χ1n) is 24.0. The van der Waals surface area contributed by atoms with Crippen molar-refractivity contribution in [3.05, 3.63) is 167 Å². The van der Waals surface area contributed by atoms with Gasteiger partial charge in [-0.3, -0.25) is 4.57 Å². The monoisotopic (exact) mass is 889 g/mol. The minimum absolute atomic E-state index is 0.00973.